The molecule has 0 fully saturated rings. The molecule has 2 aromatic rings. The lowest BCUT2D eigenvalue weighted by atomic mass is 10.1. The Balaban J connectivity index is 2.74. The highest BCUT2D eigenvalue weighted by molar-refractivity contribution is 5.31. The van der Waals surface area contributed by atoms with Crippen molar-refractivity contribution in [1.29, 1.82) is 0 Å². The Labute approximate surface area is 80.8 Å². The average Bonchev–Trinajstić information content (AvgIpc) is 2.54. The number of aromatic nitrogens is 4. The van der Waals surface area contributed by atoms with Gasteiger partial charge in [-0.1, -0.05) is 13.8 Å². The summed E-state index contributed by atoms with van der Waals surface area (Å²) >= 11 is 0. The molecule has 0 aliphatic rings. The highest BCUT2D eigenvalue weighted by Gasteiger charge is 2.05. The van der Waals surface area contributed by atoms with Crippen LogP contribution in [0.1, 0.15) is 25.1 Å². The summed E-state index contributed by atoms with van der Waals surface area (Å²) in [6.07, 6.45) is 3.66. The summed E-state index contributed by atoms with van der Waals surface area (Å²) in [5, 5.41) is 2.57. The van der Waals surface area contributed by atoms with E-state index in [1.165, 1.54) is 0 Å². The first-order chi connectivity index (χ1) is 6.74. The minimum absolute atomic E-state index is 0.354. The second-order valence-corrected chi connectivity index (χ2v) is 3.12. The normalized spacial score (nSPS) is 11.0. The van der Waals surface area contributed by atoms with Gasteiger partial charge in [-0.25, -0.2) is 19.4 Å². The molecular formula is C9H12N4O. The van der Waals surface area contributed by atoms with E-state index in [9.17, 15) is 4.79 Å². The maximum Gasteiger partial charge on any atom is 0.363 e. The van der Waals surface area contributed by atoms with Crippen molar-refractivity contribution >= 4 is 5.78 Å². The van der Waals surface area contributed by atoms with Crippen LogP contribution < -0.4 is 5.69 Å². The molecule has 0 unspecified atom stereocenters. The first-order valence-corrected chi connectivity index (χ1v) is 4.71. The fourth-order valence-electron chi connectivity index (χ4n) is 1.52. The molecule has 5 nitrogen and oxygen atoms in total. The first kappa shape index (κ1) is 8.93. The van der Waals surface area contributed by atoms with Crippen LogP contribution >= 0.6 is 0 Å². The zero-order valence-electron chi connectivity index (χ0n) is 8.24. The van der Waals surface area contributed by atoms with Crippen LogP contribution in [0.5, 0.6) is 0 Å². The zero-order chi connectivity index (χ0) is 10.1. The van der Waals surface area contributed by atoms with Crippen molar-refractivity contribution in [3.63, 3.8) is 0 Å². The van der Waals surface area contributed by atoms with E-state index in [-0.39, 0.29) is 5.69 Å². The van der Waals surface area contributed by atoms with Crippen LogP contribution in [0, 0.1) is 0 Å². The molecule has 1 N–H and O–H groups in total. The number of aromatic amines is 1. The van der Waals surface area contributed by atoms with Crippen molar-refractivity contribution in [3.05, 3.63) is 27.9 Å². The van der Waals surface area contributed by atoms with Crippen LogP contribution in [-0.2, 0) is 12.8 Å². The largest absolute Gasteiger partial charge is 0.363 e. The van der Waals surface area contributed by atoms with Gasteiger partial charge in [0, 0.05) is 11.9 Å². The molecule has 0 aliphatic heterocycles. The third-order valence-electron chi connectivity index (χ3n) is 2.24. The van der Waals surface area contributed by atoms with Gasteiger partial charge >= 0.3 is 5.69 Å². The molecule has 2 aromatic heterocycles. The number of nitrogens with zero attached hydrogens (tertiary/aromatic N) is 3. The second kappa shape index (κ2) is 3.25. The quantitative estimate of drug-likeness (QED) is 0.755. The Morgan fingerprint density at radius 2 is 2.14 bits per heavy atom. The molecule has 0 saturated heterocycles. The fraction of sp³-hybridized carbons (Fsp3) is 0.444. The zero-order valence-corrected chi connectivity index (χ0v) is 8.24. The Kier molecular flexibility index (Phi) is 2.07. The smallest absolute Gasteiger partial charge is 0.244 e. The summed E-state index contributed by atoms with van der Waals surface area (Å²) in [5.74, 6) is 0.448. The van der Waals surface area contributed by atoms with Gasteiger partial charge in [0.1, 0.15) is 0 Å². The van der Waals surface area contributed by atoms with E-state index in [1.807, 2.05) is 13.1 Å². The summed E-state index contributed by atoms with van der Waals surface area (Å²) in [5.41, 5.74) is 1.81. The van der Waals surface area contributed by atoms with Crippen molar-refractivity contribution in [2.45, 2.75) is 26.7 Å². The number of aryl methyl sites for hydroxylation is 2. The third kappa shape index (κ3) is 1.30. The number of nitrogens with one attached hydrogen (secondary N) is 1. The molecule has 0 bridgehead atoms. The number of rotatable bonds is 2. The van der Waals surface area contributed by atoms with Crippen molar-refractivity contribution in [3.8, 4) is 0 Å². The first-order valence-electron chi connectivity index (χ1n) is 4.71. The maximum atomic E-state index is 11.0. The fourth-order valence-corrected chi connectivity index (χ4v) is 1.52. The molecule has 0 saturated carbocycles. The Morgan fingerprint density at radius 1 is 1.36 bits per heavy atom. The SMILES string of the molecule is CCc1cn2[nH]c(=O)nc2nc1CC. The molecule has 0 aliphatic carbocycles. The van der Waals surface area contributed by atoms with E-state index < -0.39 is 0 Å². The maximum absolute atomic E-state index is 11.0. The lowest BCUT2D eigenvalue weighted by Gasteiger charge is -2.03. The molecule has 0 atom stereocenters. The highest BCUT2D eigenvalue weighted by Crippen LogP contribution is 2.07. The van der Waals surface area contributed by atoms with Gasteiger partial charge in [-0.3, -0.25) is 0 Å². The van der Waals surface area contributed by atoms with Gasteiger partial charge in [0.05, 0.1) is 0 Å². The van der Waals surface area contributed by atoms with Crippen LogP contribution in [0.2, 0.25) is 0 Å². The van der Waals surface area contributed by atoms with Gasteiger partial charge in [0.2, 0.25) is 0 Å². The van der Waals surface area contributed by atoms with Crippen LogP contribution in [-0.4, -0.2) is 19.6 Å². The van der Waals surface area contributed by atoms with Crippen molar-refractivity contribution in [1.82, 2.24) is 19.6 Å². The van der Waals surface area contributed by atoms with Crippen molar-refractivity contribution < 1.29 is 0 Å². The molecular weight excluding hydrogens is 180 g/mol. The lowest BCUT2D eigenvalue weighted by molar-refractivity contribution is 0.862. The van der Waals surface area contributed by atoms with Gasteiger partial charge in [-0.2, -0.15) is 4.98 Å². The number of H-pyrrole nitrogens is 1. The lowest BCUT2D eigenvalue weighted by Crippen LogP contribution is -2.03. The van der Waals surface area contributed by atoms with E-state index in [0.717, 1.165) is 24.1 Å². The molecule has 74 valence electrons. The molecule has 0 spiro atoms. The summed E-state index contributed by atoms with van der Waals surface area (Å²) in [4.78, 5) is 19.0. The van der Waals surface area contributed by atoms with Crippen LogP contribution in [0.15, 0.2) is 11.0 Å². The second-order valence-electron chi connectivity index (χ2n) is 3.12. The summed E-state index contributed by atoms with van der Waals surface area (Å²) in [7, 11) is 0. The van der Waals surface area contributed by atoms with Crippen LogP contribution in [0.4, 0.5) is 0 Å². The predicted octanol–water partition coefficient (Wildman–Crippen LogP) is 0.542. The number of fused-ring (bicyclic) bond motifs is 1. The van der Waals surface area contributed by atoms with E-state index in [2.05, 4.69) is 22.0 Å². The third-order valence-corrected chi connectivity index (χ3v) is 2.24. The molecule has 5 heteroatoms. The van der Waals surface area contributed by atoms with Crippen molar-refractivity contribution in [2.75, 3.05) is 0 Å². The molecule has 2 heterocycles. The molecule has 0 radical (unpaired) electrons. The monoisotopic (exact) mass is 192 g/mol. The number of hydrogen-bond donors (Lipinski definition) is 1. The van der Waals surface area contributed by atoms with E-state index in [1.54, 1.807) is 4.52 Å². The predicted molar refractivity (Wildman–Crippen MR) is 52.4 cm³/mol. The average molecular weight is 192 g/mol. The Morgan fingerprint density at radius 3 is 2.79 bits per heavy atom. The van der Waals surface area contributed by atoms with E-state index in [4.69, 9.17) is 0 Å². The molecule has 0 amide bonds. The van der Waals surface area contributed by atoms with Gasteiger partial charge < -0.3 is 0 Å². The van der Waals surface area contributed by atoms with Gasteiger partial charge in [-0.15, -0.1) is 0 Å². The van der Waals surface area contributed by atoms with E-state index >= 15 is 0 Å². The highest BCUT2D eigenvalue weighted by atomic mass is 16.1. The van der Waals surface area contributed by atoms with Crippen LogP contribution in [0.25, 0.3) is 5.78 Å². The van der Waals surface area contributed by atoms with Gasteiger partial charge in [0.15, 0.2) is 0 Å². The molecule has 2 rings (SSSR count). The van der Waals surface area contributed by atoms with E-state index in [0.29, 0.717) is 5.78 Å². The summed E-state index contributed by atoms with van der Waals surface area (Å²) in [6.45, 7) is 4.11. The summed E-state index contributed by atoms with van der Waals surface area (Å²) in [6, 6.07) is 0. The number of hydrogen-bond acceptors (Lipinski definition) is 3. The Hall–Kier alpha value is -1.65. The topological polar surface area (TPSA) is 63.0 Å². The standard InChI is InChI=1S/C9H12N4O/c1-3-6-5-13-8(10-7(6)4-2)11-9(14)12-13/h5H,3-4H2,1-2H3,(H,12,14). The minimum atomic E-state index is -0.354. The molecule has 0 aromatic carbocycles. The van der Waals surface area contributed by atoms with Gasteiger partial charge in [-0.05, 0) is 18.4 Å². The van der Waals surface area contributed by atoms with Gasteiger partial charge in [0.25, 0.3) is 5.78 Å². The molecule has 14 heavy (non-hydrogen) atoms. The minimum Gasteiger partial charge on any atom is -0.244 e. The Bertz CT molecular complexity index is 467. The van der Waals surface area contributed by atoms with Crippen molar-refractivity contribution in [2.24, 2.45) is 0 Å². The van der Waals surface area contributed by atoms with Crippen LogP contribution in [0.3, 0.4) is 0 Å². The summed E-state index contributed by atoms with van der Waals surface area (Å²) < 4.78 is 1.57.